The Morgan fingerprint density at radius 1 is 1.57 bits per heavy atom. The van der Waals surface area contributed by atoms with E-state index in [2.05, 4.69) is 0 Å². The van der Waals surface area contributed by atoms with E-state index >= 15 is 0 Å². The third-order valence-corrected chi connectivity index (χ3v) is 1.94. The van der Waals surface area contributed by atoms with Crippen molar-refractivity contribution in [2.24, 2.45) is 5.73 Å². The minimum atomic E-state index is -0.405. The smallest absolute Gasteiger partial charge is 0.221 e. The lowest BCUT2D eigenvalue weighted by Crippen LogP contribution is -2.07. The van der Waals surface area contributed by atoms with E-state index in [0.717, 1.165) is 0 Å². The molecule has 0 unspecified atom stereocenters. The predicted molar refractivity (Wildman–Crippen MR) is 56.0 cm³/mol. The third kappa shape index (κ3) is 3.11. The summed E-state index contributed by atoms with van der Waals surface area (Å²) in [5, 5.41) is 9.68. The Kier molecular flexibility index (Phi) is 3.54. The minimum absolute atomic E-state index is 0.133. The zero-order chi connectivity index (χ0) is 10.6. The molecule has 3 N–H and O–H groups in total. The number of carbonyl (C=O) groups excluding carboxylic acids is 1. The van der Waals surface area contributed by atoms with Crippen molar-refractivity contribution < 1.29 is 9.90 Å². The van der Waals surface area contributed by atoms with Crippen molar-refractivity contribution in [1.29, 1.82) is 0 Å². The van der Waals surface area contributed by atoms with Crippen LogP contribution < -0.4 is 5.73 Å². The van der Waals surface area contributed by atoms with Gasteiger partial charge in [0.2, 0.25) is 5.91 Å². The average Bonchev–Trinajstić information content (AvgIpc) is 2.10. The maximum Gasteiger partial charge on any atom is 0.221 e. The van der Waals surface area contributed by atoms with Gasteiger partial charge in [-0.05, 0) is 23.8 Å². The first-order valence-electron chi connectivity index (χ1n) is 4.03. The molecule has 0 atom stereocenters. The van der Waals surface area contributed by atoms with Crippen LogP contribution in [0.4, 0.5) is 0 Å². The summed E-state index contributed by atoms with van der Waals surface area (Å²) < 4.78 is 0. The van der Waals surface area contributed by atoms with E-state index in [1.54, 1.807) is 18.2 Å². The van der Waals surface area contributed by atoms with Gasteiger partial charge < -0.3 is 10.8 Å². The van der Waals surface area contributed by atoms with Crippen molar-refractivity contribution >= 4 is 23.6 Å². The number of amides is 1. The van der Waals surface area contributed by atoms with Gasteiger partial charge in [0.05, 0.1) is 0 Å². The Balaban J connectivity index is 2.80. The highest BCUT2D eigenvalue weighted by Gasteiger charge is 1.97. The van der Waals surface area contributed by atoms with E-state index in [1.165, 1.54) is 12.1 Å². The summed E-state index contributed by atoms with van der Waals surface area (Å²) in [5.41, 5.74) is 5.61. The van der Waals surface area contributed by atoms with Crippen molar-refractivity contribution in [3.63, 3.8) is 0 Å². The van der Waals surface area contributed by atoms with Crippen molar-refractivity contribution in [3.05, 3.63) is 34.9 Å². The molecule has 14 heavy (non-hydrogen) atoms. The number of aromatic hydroxyl groups is 1. The SMILES string of the molecule is NC(=O)CC=Cc1cc(O)ccc1Cl. The number of phenolic OH excluding ortho intramolecular Hbond substituents is 1. The summed E-state index contributed by atoms with van der Waals surface area (Å²) in [4.78, 5) is 10.4. The van der Waals surface area contributed by atoms with Gasteiger partial charge in [0.1, 0.15) is 5.75 Å². The first-order valence-corrected chi connectivity index (χ1v) is 4.41. The molecule has 0 aliphatic heterocycles. The molecule has 1 aromatic rings. The van der Waals surface area contributed by atoms with Crippen LogP contribution in [0.25, 0.3) is 6.08 Å². The number of carbonyl (C=O) groups is 1. The van der Waals surface area contributed by atoms with Crippen molar-refractivity contribution in [2.45, 2.75) is 6.42 Å². The summed E-state index contributed by atoms with van der Waals surface area (Å²) in [6, 6.07) is 4.59. The highest BCUT2D eigenvalue weighted by molar-refractivity contribution is 6.32. The number of phenols is 1. The molecule has 0 heterocycles. The number of hydrogen-bond donors (Lipinski definition) is 2. The molecule has 3 nitrogen and oxygen atoms in total. The monoisotopic (exact) mass is 211 g/mol. The van der Waals surface area contributed by atoms with Crippen molar-refractivity contribution in [3.8, 4) is 5.75 Å². The van der Waals surface area contributed by atoms with E-state index in [-0.39, 0.29) is 12.2 Å². The van der Waals surface area contributed by atoms with E-state index in [0.29, 0.717) is 10.6 Å². The minimum Gasteiger partial charge on any atom is -0.508 e. The molecule has 1 rings (SSSR count). The van der Waals surface area contributed by atoms with Crippen LogP contribution in [0.2, 0.25) is 5.02 Å². The van der Waals surface area contributed by atoms with Gasteiger partial charge >= 0.3 is 0 Å². The standard InChI is InChI=1S/C10H10ClNO2/c11-9-5-4-8(13)6-7(9)2-1-3-10(12)14/h1-2,4-6,13H,3H2,(H2,12,14). The molecule has 0 aliphatic carbocycles. The van der Waals surface area contributed by atoms with Crippen LogP contribution in [0.3, 0.4) is 0 Å². The van der Waals surface area contributed by atoms with Gasteiger partial charge in [-0.2, -0.15) is 0 Å². The van der Waals surface area contributed by atoms with E-state index in [1.807, 2.05) is 0 Å². The largest absolute Gasteiger partial charge is 0.508 e. The summed E-state index contributed by atoms with van der Waals surface area (Å²) in [6.07, 6.45) is 3.40. The van der Waals surface area contributed by atoms with Crippen LogP contribution in [0.15, 0.2) is 24.3 Å². The molecule has 1 aromatic carbocycles. The van der Waals surface area contributed by atoms with Crippen LogP contribution in [-0.2, 0) is 4.79 Å². The fourth-order valence-electron chi connectivity index (χ4n) is 0.961. The second-order valence-electron chi connectivity index (χ2n) is 2.78. The van der Waals surface area contributed by atoms with Crippen LogP contribution in [0.1, 0.15) is 12.0 Å². The molecule has 0 radical (unpaired) electrons. The van der Waals surface area contributed by atoms with Gasteiger partial charge in [0.25, 0.3) is 0 Å². The summed E-state index contributed by atoms with van der Waals surface area (Å²) in [5.74, 6) is -0.273. The lowest BCUT2D eigenvalue weighted by molar-refractivity contribution is -0.117. The highest BCUT2D eigenvalue weighted by Crippen LogP contribution is 2.22. The molecule has 0 saturated heterocycles. The molecule has 0 bridgehead atoms. The summed E-state index contributed by atoms with van der Waals surface area (Å²) in [7, 11) is 0. The van der Waals surface area contributed by atoms with Crippen molar-refractivity contribution in [2.75, 3.05) is 0 Å². The van der Waals surface area contributed by atoms with Crippen LogP contribution in [0.5, 0.6) is 5.75 Å². The zero-order valence-corrected chi connectivity index (χ0v) is 8.16. The van der Waals surface area contributed by atoms with Crippen LogP contribution in [-0.4, -0.2) is 11.0 Å². The van der Waals surface area contributed by atoms with Gasteiger partial charge in [-0.25, -0.2) is 0 Å². The number of nitrogens with two attached hydrogens (primary N) is 1. The van der Waals surface area contributed by atoms with E-state index < -0.39 is 5.91 Å². The molecular weight excluding hydrogens is 202 g/mol. The maximum absolute atomic E-state index is 10.4. The van der Waals surface area contributed by atoms with Gasteiger partial charge in [0, 0.05) is 11.4 Å². The molecular formula is C10H10ClNO2. The molecule has 0 fully saturated rings. The summed E-state index contributed by atoms with van der Waals surface area (Å²) in [6.45, 7) is 0. The zero-order valence-electron chi connectivity index (χ0n) is 7.40. The number of benzene rings is 1. The molecule has 0 aromatic heterocycles. The Morgan fingerprint density at radius 2 is 2.29 bits per heavy atom. The summed E-state index contributed by atoms with van der Waals surface area (Å²) >= 11 is 5.83. The second-order valence-corrected chi connectivity index (χ2v) is 3.19. The fourth-order valence-corrected chi connectivity index (χ4v) is 1.14. The lowest BCUT2D eigenvalue weighted by Gasteiger charge is -1.98. The average molecular weight is 212 g/mol. The number of halogens is 1. The molecule has 4 heteroatoms. The third-order valence-electron chi connectivity index (χ3n) is 1.60. The first kappa shape index (κ1) is 10.6. The van der Waals surface area contributed by atoms with Crippen LogP contribution >= 0.6 is 11.6 Å². The number of primary amides is 1. The highest BCUT2D eigenvalue weighted by atomic mass is 35.5. The molecule has 0 spiro atoms. The number of hydrogen-bond acceptors (Lipinski definition) is 2. The van der Waals surface area contributed by atoms with E-state index in [9.17, 15) is 4.79 Å². The van der Waals surface area contributed by atoms with Crippen molar-refractivity contribution in [1.82, 2.24) is 0 Å². The second kappa shape index (κ2) is 4.67. The quantitative estimate of drug-likeness (QED) is 0.803. The van der Waals surface area contributed by atoms with Gasteiger partial charge in [-0.1, -0.05) is 23.8 Å². The van der Waals surface area contributed by atoms with Crippen LogP contribution in [0, 0.1) is 0 Å². The van der Waals surface area contributed by atoms with Gasteiger partial charge in [-0.15, -0.1) is 0 Å². The number of rotatable bonds is 3. The lowest BCUT2D eigenvalue weighted by atomic mass is 10.2. The van der Waals surface area contributed by atoms with E-state index in [4.69, 9.17) is 22.4 Å². The Hall–Kier alpha value is -1.48. The molecule has 0 aliphatic rings. The molecule has 1 amide bonds. The molecule has 74 valence electrons. The maximum atomic E-state index is 10.4. The normalized spacial score (nSPS) is 10.6. The topological polar surface area (TPSA) is 63.3 Å². The van der Waals surface area contributed by atoms with Gasteiger partial charge in [0.15, 0.2) is 0 Å². The Bertz CT molecular complexity index is 374. The first-order chi connectivity index (χ1) is 6.59. The Morgan fingerprint density at radius 3 is 2.93 bits per heavy atom. The van der Waals surface area contributed by atoms with Gasteiger partial charge in [-0.3, -0.25) is 4.79 Å². The Labute approximate surface area is 86.8 Å². The molecule has 0 saturated carbocycles. The predicted octanol–water partition coefficient (Wildman–Crippen LogP) is 1.93. The fraction of sp³-hybridized carbons (Fsp3) is 0.100.